The largest absolute Gasteiger partial charge is 0.507 e. The van der Waals surface area contributed by atoms with Crippen LogP contribution in [-0.4, -0.2) is 11.0 Å². The van der Waals surface area contributed by atoms with Crippen LogP contribution in [0.3, 0.4) is 0 Å². The first kappa shape index (κ1) is 14.3. The van der Waals surface area contributed by atoms with Gasteiger partial charge in [0.2, 0.25) is 0 Å². The molecule has 0 aliphatic heterocycles. The molecule has 2 N–H and O–H groups in total. The summed E-state index contributed by atoms with van der Waals surface area (Å²) in [7, 11) is 0. The van der Waals surface area contributed by atoms with Crippen LogP contribution < -0.4 is 5.32 Å². The Morgan fingerprint density at radius 1 is 1.20 bits per heavy atom. The van der Waals surface area contributed by atoms with Gasteiger partial charge in [0.15, 0.2) is 0 Å². The molecule has 0 atom stereocenters. The number of hydrogen-bond donors (Lipinski definition) is 2. The van der Waals surface area contributed by atoms with E-state index in [4.69, 9.17) is 11.6 Å². The normalized spacial score (nSPS) is 10.3. The van der Waals surface area contributed by atoms with Gasteiger partial charge in [-0.15, -0.1) is 0 Å². The van der Waals surface area contributed by atoms with Crippen LogP contribution in [0.25, 0.3) is 0 Å². The summed E-state index contributed by atoms with van der Waals surface area (Å²) in [5.74, 6) is -2.19. The summed E-state index contributed by atoms with van der Waals surface area (Å²) >= 11 is 5.62. The lowest BCUT2D eigenvalue weighted by molar-refractivity contribution is 0.0948. The van der Waals surface area contributed by atoms with Crippen molar-refractivity contribution < 1.29 is 18.7 Å². The van der Waals surface area contributed by atoms with Crippen molar-refractivity contribution in [1.82, 2.24) is 5.32 Å². The topological polar surface area (TPSA) is 49.3 Å². The minimum atomic E-state index is -0.635. The van der Waals surface area contributed by atoms with Crippen LogP contribution in [0.15, 0.2) is 36.4 Å². The van der Waals surface area contributed by atoms with Gasteiger partial charge < -0.3 is 10.4 Å². The van der Waals surface area contributed by atoms with Gasteiger partial charge in [0.1, 0.15) is 17.4 Å². The highest BCUT2D eigenvalue weighted by Gasteiger charge is 2.11. The highest BCUT2D eigenvalue weighted by molar-refractivity contribution is 6.30. The molecule has 2 rings (SSSR count). The number of halogens is 3. The van der Waals surface area contributed by atoms with Gasteiger partial charge in [0, 0.05) is 12.6 Å². The average molecular weight is 298 g/mol. The van der Waals surface area contributed by atoms with E-state index in [-0.39, 0.29) is 17.1 Å². The fourth-order valence-electron chi connectivity index (χ4n) is 1.62. The summed E-state index contributed by atoms with van der Waals surface area (Å²) in [5.41, 5.74) is 0.561. The molecule has 3 nitrogen and oxygen atoms in total. The van der Waals surface area contributed by atoms with Crippen LogP contribution in [0.2, 0.25) is 5.02 Å². The number of rotatable bonds is 3. The van der Waals surface area contributed by atoms with E-state index in [1.165, 1.54) is 24.3 Å². The molecule has 20 heavy (non-hydrogen) atoms. The number of carbonyl (C=O) groups is 1. The first-order chi connectivity index (χ1) is 9.47. The van der Waals surface area contributed by atoms with Gasteiger partial charge in [-0.3, -0.25) is 4.79 Å². The van der Waals surface area contributed by atoms with Crippen molar-refractivity contribution >= 4 is 17.5 Å². The van der Waals surface area contributed by atoms with E-state index in [1.807, 2.05) is 0 Å². The zero-order valence-corrected chi connectivity index (χ0v) is 10.9. The van der Waals surface area contributed by atoms with E-state index in [0.717, 1.165) is 12.1 Å². The summed E-state index contributed by atoms with van der Waals surface area (Å²) in [6.07, 6.45) is 0. The number of phenols is 1. The van der Waals surface area contributed by atoms with Crippen molar-refractivity contribution in [2.45, 2.75) is 6.54 Å². The standard InChI is InChI=1S/C14H10ClF2NO2/c15-11-5-8(1-4-12(11)17)7-18-14(20)10-3-2-9(16)6-13(10)19/h1-6,19H,7H2,(H,18,20). The number of nitrogens with one attached hydrogen (secondary N) is 1. The van der Waals surface area contributed by atoms with E-state index in [2.05, 4.69) is 5.32 Å². The molecular formula is C14H10ClF2NO2. The van der Waals surface area contributed by atoms with Gasteiger partial charge in [-0.25, -0.2) is 8.78 Å². The smallest absolute Gasteiger partial charge is 0.255 e. The lowest BCUT2D eigenvalue weighted by atomic mass is 10.1. The van der Waals surface area contributed by atoms with E-state index < -0.39 is 23.3 Å². The Hall–Kier alpha value is -2.14. The molecule has 2 aromatic carbocycles. The maximum absolute atomic E-state index is 13.0. The molecule has 0 saturated heterocycles. The predicted molar refractivity (Wildman–Crippen MR) is 70.6 cm³/mol. The van der Waals surface area contributed by atoms with E-state index in [0.29, 0.717) is 5.56 Å². The van der Waals surface area contributed by atoms with E-state index >= 15 is 0 Å². The molecule has 0 radical (unpaired) electrons. The van der Waals surface area contributed by atoms with Crippen molar-refractivity contribution in [3.63, 3.8) is 0 Å². The molecule has 1 amide bonds. The number of phenolic OH excluding ortho intramolecular Hbond substituents is 1. The maximum atomic E-state index is 13.0. The minimum absolute atomic E-state index is 0.0404. The van der Waals surface area contributed by atoms with Crippen LogP contribution in [-0.2, 0) is 6.54 Å². The van der Waals surface area contributed by atoms with Crippen LogP contribution in [0, 0.1) is 11.6 Å². The predicted octanol–water partition coefficient (Wildman–Crippen LogP) is 3.25. The van der Waals surface area contributed by atoms with Gasteiger partial charge in [-0.2, -0.15) is 0 Å². The van der Waals surface area contributed by atoms with Gasteiger partial charge in [0.25, 0.3) is 5.91 Å². The number of benzene rings is 2. The Labute approximate surface area is 118 Å². The van der Waals surface area contributed by atoms with Crippen molar-refractivity contribution in [3.8, 4) is 5.75 Å². The fraction of sp³-hybridized carbons (Fsp3) is 0.0714. The Balaban J connectivity index is 2.06. The van der Waals surface area contributed by atoms with Crippen molar-refractivity contribution in [1.29, 1.82) is 0 Å². The van der Waals surface area contributed by atoms with Crippen LogP contribution in [0.5, 0.6) is 5.75 Å². The number of aromatic hydroxyl groups is 1. The summed E-state index contributed by atoms with van der Waals surface area (Å²) in [6, 6.07) is 7.16. The second-order valence-corrected chi connectivity index (χ2v) is 4.50. The van der Waals surface area contributed by atoms with Crippen molar-refractivity contribution in [2.75, 3.05) is 0 Å². The Kier molecular flexibility index (Phi) is 4.20. The molecule has 0 spiro atoms. The van der Waals surface area contributed by atoms with Crippen LogP contribution in [0.1, 0.15) is 15.9 Å². The van der Waals surface area contributed by atoms with Crippen LogP contribution in [0.4, 0.5) is 8.78 Å². The molecule has 0 aliphatic rings. The highest BCUT2D eigenvalue weighted by Crippen LogP contribution is 2.19. The molecule has 104 valence electrons. The third-order valence-electron chi connectivity index (χ3n) is 2.64. The molecule has 2 aromatic rings. The third kappa shape index (κ3) is 3.24. The minimum Gasteiger partial charge on any atom is -0.507 e. The van der Waals surface area contributed by atoms with Gasteiger partial charge in [0.05, 0.1) is 10.6 Å². The molecule has 0 aliphatic carbocycles. The maximum Gasteiger partial charge on any atom is 0.255 e. The van der Waals surface area contributed by atoms with Gasteiger partial charge >= 0.3 is 0 Å². The lowest BCUT2D eigenvalue weighted by Crippen LogP contribution is -2.22. The zero-order chi connectivity index (χ0) is 14.7. The monoisotopic (exact) mass is 297 g/mol. The summed E-state index contributed by atoms with van der Waals surface area (Å²) in [5, 5.41) is 11.9. The lowest BCUT2D eigenvalue weighted by Gasteiger charge is -2.07. The molecule has 0 saturated carbocycles. The van der Waals surface area contributed by atoms with E-state index in [1.54, 1.807) is 0 Å². The Morgan fingerprint density at radius 2 is 1.95 bits per heavy atom. The number of carbonyl (C=O) groups excluding carboxylic acids is 1. The van der Waals surface area contributed by atoms with Crippen molar-refractivity contribution in [2.24, 2.45) is 0 Å². The van der Waals surface area contributed by atoms with Crippen LogP contribution >= 0.6 is 11.6 Å². The first-order valence-electron chi connectivity index (χ1n) is 5.68. The summed E-state index contributed by atoms with van der Waals surface area (Å²) in [6.45, 7) is 0.107. The highest BCUT2D eigenvalue weighted by atomic mass is 35.5. The van der Waals surface area contributed by atoms with Gasteiger partial charge in [-0.1, -0.05) is 17.7 Å². The number of hydrogen-bond acceptors (Lipinski definition) is 2. The zero-order valence-electron chi connectivity index (χ0n) is 10.2. The molecule has 0 unspecified atom stereocenters. The average Bonchev–Trinajstić information content (AvgIpc) is 2.40. The molecule has 0 fully saturated rings. The second kappa shape index (κ2) is 5.88. The quantitative estimate of drug-likeness (QED) is 0.913. The molecule has 6 heteroatoms. The van der Waals surface area contributed by atoms with Gasteiger partial charge in [-0.05, 0) is 29.8 Å². The SMILES string of the molecule is O=C(NCc1ccc(F)c(Cl)c1)c1ccc(F)cc1O. The van der Waals surface area contributed by atoms with E-state index in [9.17, 15) is 18.7 Å². The molecular weight excluding hydrogens is 288 g/mol. The Morgan fingerprint density at radius 3 is 2.60 bits per heavy atom. The van der Waals surface area contributed by atoms with Crippen molar-refractivity contribution in [3.05, 3.63) is 64.2 Å². The molecule has 0 heterocycles. The molecule has 0 aromatic heterocycles. The summed E-state index contributed by atoms with van der Waals surface area (Å²) in [4.78, 5) is 11.8. The summed E-state index contributed by atoms with van der Waals surface area (Å²) < 4.78 is 25.8. The molecule has 0 bridgehead atoms. The Bertz CT molecular complexity index is 662. The third-order valence-corrected chi connectivity index (χ3v) is 2.93. The second-order valence-electron chi connectivity index (χ2n) is 4.09. The fourth-order valence-corrected chi connectivity index (χ4v) is 1.83. The number of amides is 1. The first-order valence-corrected chi connectivity index (χ1v) is 6.06.